The van der Waals surface area contributed by atoms with Crippen molar-refractivity contribution in [1.29, 1.82) is 0 Å². The number of carbonyl (C=O) groups is 2. The molecule has 0 atom stereocenters. The number of likely N-dealkylation sites (tertiary alicyclic amines) is 1. The highest BCUT2D eigenvalue weighted by molar-refractivity contribution is 6.31. The molecule has 0 radical (unpaired) electrons. The van der Waals surface area contributed by atoms with Gasteiger partial charge in [-0.05, 0) is 44.4 Å². The lowest BCUT2D eigenvalue weighted by atomic mass is 9.95. The monoisotopic (exact) mass is 338 g/mol. The number of hydrogen-bond acceptors (Lipinski definition) is 3. The first-order chi connectivity index (χ1) is 11.0. The van der Waals surface area contributed by atoms with E-state index in [0.717, 1.165) is 11.3 Å². The lowest BCUT2D eigenvalue weighted by molar-refractivity contribution is -0.138. The zero-order valence-corrected chi connectivity index (χ0v) is 14.4. The number of nitrogens with one attached hydrogen (secondary N) is 1. The number of hydrogen-bond donors (Lipinski definition) is 1. The highest BCUT2D eigenvalue weighted by Gasteiger charge is 2.27. The molecule has 5 nitrogen and oxygen atoms in total. The molecule has 0 bridgehead atoms. The fraction of sp³-hybridized carbons (Fsp3) is 0.529. The van der Waals surface area contributed by atoms with Gasteiger partial charge in [-0.2, -0.15) is 0 Å². The van der Waals surface area contributed by atoms with E-state index in [1.54, 1.807) is 17.0 Å². The van der Waals surface area contributed by atoms with Crippen molar-refractivity contribution in [1.82, 2.24) is 4.90 Å². The predicted molar refractivity (Wildman–Crippen MR) is 90.6 cm³/mol. The van der Waals surface area contributed by atoms with Gasteiger partial charge in [0.05, 0.1) is 0 Å². The highest BCUT2D eigenvalue weighted by atomic mass is 35.5. The standard InChI is InChI=1S/C17H23ClN2O3/c1-3-23-11-16(21)20-8-6-13(7-9-20)17(22)19-15-10-14(18)5-4-12(15)2/h4-5,10,13H,3,6-9,11H2,1-2H3,(H,19,22). The van der Waals surface area contributed by atoms with Crippen LogP contribution in [0.2, 0.25) is 5.02 Å². The number of rotatable bonds is 5. The van der Waals surface area contributed by atoms with Crippen LogP contribution in [0, 0.1) is 12.8 Å². The highest BCUT2D eigenvalue weighted by Crippen LogP contribution is 2.23. The summed E-state index contributed by atoms with van der Waals surface area (Å²) in [6, 6.07) is 5.44. The van der Waals surface area contributed by atoms with E-state index in [4.69, 9.17) is 16.3 Å². The van der Waals surface area contributed by atoms with Gasteiger partial charge in [-0.1, -0.05) is 17.7 Å². The Morgan fingerprint density at radius 2 is 2.04 bits per heavy atom. The number of amides is 2. The van der Waals surface area contributed by atoms with Crippen molar-refractivity contribution >= 4 is 29.1 Å². The van der Waals surface area contributed by atoms with Crippen LogP contribution in [0.4, 0.5) is 5.69 Å². The van der Waals surface area contributed by atoms with E-state index in [0.29, 0.717) is 37.6 Å². The summed E-state index contributed by atoms with van der Waals surface area (Å²) in [7, 11) is 0. The Morgan fingerprint density at radius 3 is 2.70 bits per heavy atom. The van der Waals surface area contributed by atoms with Crippen molar-refractivity contribution in [3.8, 4) is 0 Å². The Balaban J connectivity index is 1.86. The number of benzene rings is 1. The van der Waals surface area contributed by atoms with Crippen LogP contribution < -0.4 is 5.32 Å². The molecule has 1 heterocycles. The Kier molecular flexibility index (Phi) is 6.42. The van der Waals surface area contributed by atoms with E-state index in [1.807, 2.05) is 19.9 Å². The van der Waals surface area contributed by atoms with E-state index in [9.17, 15) is 9.59 Å². The number of ether oxygens (including phenoxy) is 1. The number of halogens is 1. The first kappa shape index (κ1) is 17.8. The molecule has 1 aromatic carbocycles. The Morgan fingerprint density at radius 1 is 1.35 bits per heavy atom. The molecule has 2 amide bonds. The number of anilines is 1. The second-order valence-corrected chi connectivity index (χ2v) is 6.18. The van der Waals surface area contributed by atoms with Gasteiger partial charge in [0, 0.05) is 36.3 Å². The van der Waals surface area contributed by atoms with E-state index < -0.39 is 0 Å². The van der Waals surface area contributed by atoms with Crippen LogP contribution in [0.1, 0.15) is 25.3 Å². The normalized spacial score (nSPS) is 15.5. The van der Waals surface area contributed by atoms with Crippen molar-refractivity contribution in [3.05, 3.63) is 28.8 Å². The summed E-state index contributed by atoms with van der Waals surface area (Å²) in [5, 5.41) is 3.55. The molecule has 6 heteroatoms. The van der Waals surface area contributed by atoms with Crippen molar-refractivity contribution in [3.63, 3.8) is 0 Å². The zero-order chi connectivity index (χ0) is 16.8. The van der Waals surface area contributed by atoms with Crippen molar-refractivity contribution in [2.75, 3.05) is 31.6 Å². The molecule has 23 heavy (non-hydrogen) atoms. The summed E-state index contributed by atoms with van der Waals surface area (Å²) in [4.78, 5) is 26.1. The quantitative estimate of drug-likeness (QED) is 0.898. The molecule has 1 aliphatic rings. The lowest BCUT2D eigenvalue weighted by Crippen LogP contribution is -2.43. The average molecular weight is 339 g/mol. The molecular formula is C17H23ClN2O3. The van der Waals surface area contributed by atoms with Crippen LogP contribution >= 0.6 is 11.6 Å². The summed E-state index contributed by atoms with van der Waals surface area (Å²) < 4.78 is 5.14. The Labute approximate surface area is 141 Å². The van der Waals surface area contributed by atoms with Gasteiger partial charge in [0.2, 0.25) is 11.8 Å². The third-order valence-corrected chi connectivity index (χ3v) is 4.34. The second-order valence-electron chi connectivity index (χ2n) is 5.74. The van der Waals surface area contributed by atoms with Gasteiger partial charge in [-0.15, -0.1) is 0 Å². The number of piperidine rings is 1. The average Bonchev–Trinajstić information content (AvgIpc) is 2.56. The molecular weight excluding hydrogens is 316 g/mol. The molecule has 1 N–H and O–H groups in total. The second kappa shape index (κ2) is 8.31. The van der Waals surface area contributed by atoms with Crippen molar-refractivity contribution in [2.45, 2.75) is 26.7 Å². The minimum atomic E-state index is -0.0791. The molecule has 0 aliphatic carbocycles. The van der Waals surface area contributed by atoms with E-state index in [1.165, 1.54) is 0 Å². The Bertz CT molecular complexity index is 569. The summed E-state index contributed by atoms with van der Waals surface area (Å²) in [5.41, 5.74) is 1.73. The zero-order valence-electron chi connectivity index (χ0n) is 13.6. The van der Waals surface area contributed by atoms with Gasteiger partial charge in [-0.25, -0.2) is 0 Å². The molecule has 1 aliphatic heterocycles. The first-order valence-electron chi connectivity index (χ1n) is 7.93. The van der Waals surface area contributed by atoms with Crippen LogP contribution in [0.5, 0.6) is 0 Å². The van der Waals surface area contributed by atoms with Gasteiger partial charge < -0.3 is 15.0 Å². The fourth-order valence-electron chi connectivity index (χ4n) is 2.64. The molecule has 126 valence electrons. The summed E-state index contributed by atoms with van der Waals surface area (Å²) >= 11 is 5.97. The SMILES string of the molecule is CCOCC(=O)N1CCC(C(=O)Nc2cc(Cl)ccc2C)CC1. The number of nitrogens with zero attached hydrogens (tertiary/aromatic N) is 1. The summed E-state index contributed by atoms with van der Waals surface area (Å²) in [5.74, 6) is -0.0896. The molecule has 0 aromatic heterocycles. The van der Waals surface area contributed by atoms with Crippen LogP contribution in [-0.2, 0) is 14.3 Å². The van der Waals surface area contributed by atoms with E-state index in [-0.39, 0.29) is 24.3 Å². The van der Waals surface area contributed by atoms with E-state index >= 15 is 0 Å². The molecule has 0 spiro atoms. The van der Waals surface area contributed by atoms with Crippen LogP contribution in [0.3, 0.4) is 0 Å². The predicted octanol–water partition coefficient (Wildman–Crippen LogP) is 2.86. The maximum Gasteiger partial charge on any atom is 0.248 e. The maximum atomic E-state index is 12.4. The fourth-order valence-corrected chi connectivity index (χ4v) is 2.81. The molecule has 0 saturated carbocycles. The third-order valence-electron chi connectivity index (χ3n) is 4.11. The third kappa shape index (κ3) is 4.94. The van der Waals surface area contributed by atoms with Crippen molar-refractivity contribution < 1.29 is 14.3 Å². The molecule has 1 saturated heterocycles. The van der Waals surface area contributed by atoms with Gasteiger partial charge in [0.25, 0.3) is 0 Å². The van der Waals surface area contributed by atoms with Gasteiger partial charge >= 0.3 is 0 Å². The van der Waals surface area contributed by atoms with Gasteiger partial charge in [0.15, 0.2) is 0 Å². The minimum Gasteiger partial charge on any atom is -0.372 e. The van der Waals surface area contributed by atoms with Gasteiger partial charge in [0.1, 0.15) is 6.61 Å². The number of aryl methyl sites for hydroxylation is 1. The van der Waals surface area contributed by atoms with Crippen LogP contribution in [-0.4, -0.2) is 43.0 Å². The summed E-state index contributed by atoms with van der Waals surface area (Å²) in [6.45, 7) is 5.64. The minimum absolute atomic E-state index is 0.00334. The maximum absolute atomic E-state index is 12.4. The van der Waals surface area contributed by atoms with Crippen molar-refractivity contribution in [2.24, 2.45) is 5.92 Å². The largest absolute Gasteiger partial charge is 0.372 e. The smallest absolute Gasteiger partial charge is 0.248 e. The molecule has 0 unspecified atom stereocenters. The lowest BCUT2D eigenvalue weighted by Gasteiger charge is -2.31. The first-order valence-corrected chi connectivity index (χ1v) is 8.31. The van der Waals surface area contributed by atoms with Gasteiger partial charge in [-0.3, -0.25) is 9.59 Å². The molecule has 1 aromatic rings. The molecule has 1 fully saturated rings. The van der Waals surface area contributed by atoms with E-state index in [2.05, 4.69) is 5.32 Å². The topological polar surface area (TPSA) is 58.6 Å². The summed E-state index contributed by atoms with van der Waals surface area (Å²) in [6.07, 6.45) is 1.34. The number of carbonyl (C=O) groups excluding carboxylic acids is 2. The Hall–Kier alpha value is -1.59. The van der Waals surface area contributed by atoms with Crippen LogP contribution in [0.25, 0.3) is 0 Å². The van der Waals surface area contributed by atoms with Crippen LogP contribution in [0.15, 0.2) is 18.2 Å². The molecule has 2 rings (SSSR count).